The third-order valence-corrected chi connectivity index (χ3v) is 3.72. The van der Waals surface area contributed by atoms with E-state index >= 15 is 0 Å². The van der Waals surface area contributed by atoms with Gasteiger partial charge in [0.25, 0.3) is 0 Å². The van der Waals surface area contributed by atoms with Crippen molar-refractivity contribution in [1.82, 2.24) is 19.8 Å². The Morgan fingerprint density at radius 2 is 2.08 bits per heavy atom. The molecular formula is C19H27FN4O. The zero-order valence-corrected chi connectivity index (χ0v) is 15.6. The van der Waals surface area contributed by atoms with Gasteiger partial charge in [-0.1, -0.05) is 12.1 Å². The predicted molar refractivity (Wildman–Crippen MR) is 96.7 cm³/mol. The topological polar surface area (TPSA) is 50.2 Å². The van der Waals surface area contributed by atoms with Gasteiger partial charge < -0.3 is 14.8 Å². The number of nitrogens with one attached hydrogen (secondary N) is 1. The Hall–Kier alpha value is -2.37. The molecule has 6 heteroatoms. The van der Waals surface area contributed by atoms with Gasteiger partial charge in [-0.3, -0.25) is 0 Å². The fraction of sp³-hybridized carbons (Fsp3) is 0.474. The smallest absolute Gasteiger partial charge is 0.318 e. The lowest BCUT2D eigenvalue weighted by atomic mass is 10.1. The highest BCUT2D eigenvalue weighted by Gasteiger charge is 2.23. The van der Waals surface area contributed by atoms with Gasteiger partial charge in [0.15, 0.2) is 0 Å². The first kappa shape index (κ1) is 19.0. The molecule has 0 aliphatic carbocycles. The van der Waals surface area contributed by atoms with Crippen LogP contribution in [0.4, 0.5) is 9.18 Å². The Balaban J connectivity index is 2.15. The molecule has 0 saturated carbocycles. The molecule has 0 aliphatic rings. The molecule has 0 fully saturated rings. The maximum Gasteiger partial charge on any atom is 0.318 e. The summed E-state index contributed by atoms with van der Waals surface area (Å²) in [7, 11) is 0. The standard InChI is InChI=1S/C19H27FN4O/c1-14(2)24(18(25)22-19(3,4)5)13-17-21-9-10-23(17)12-15-7-6-8-16(20)11-15/h6-11,14H,12-13H2,1-5H3,(H,22,25). The summed E-state index contributed by atoms with van der Waals surface area (Å²) in [5, 5.41) is 2.99. The lowest BCUT2D eigenvalue weighted by molar-refractivity contribution is 0.168. The molecule has 5 nitrogen and oxygen atoms in total. The predicted octanol–water partition coefficient (Wildman–Crippen LogP) is 3.79. The summed E-state index contributed by atoms with van der Waals surface area (Å²) in [5.74, 6) is 0.509. The second-order valence-electron chi connectivity index (χ2n) is 7.50. The second kappa shape index (κ2) is 7.68. The number of rotatable bonds is 5. The van der Waals surface area contributed by atoms with Gasteiger partial charge in [0, 0.05) is 30.5 Å². The van der Waals surface area contributed by atoms with Crippen molar-refractivity contribution < 1.29 is 9.18 Å². The molecule has 1 aromatic carbocycles. The Labute approximate surface area is 148 Å². The van der Waals surface area contributed by atoms with E-state index in [4.69, 9.17) is 0 Å². The molecule has 1 heterocycles. The SMILES string of the molecule is CC(C)N(Cc1nccn1Cc1cccc(F)c1)C(=O)NC(C)(C)C. The molecule has 2 aromatic rings. The van der Waals surface area contributed by atoms with E-state index < -0.39 is 0 Å². The van der Waals surface area contributed by atoms with Gasteiger partial charge in [0.2, 0.25) is 0 Å². The number of carbonyl (C=O) groups excluding carboxylic acids is 1. The molecule has 25 heavy (non-hydrogen) atoms. The van der Waals surface area contributed by atoms with E-state index in [1.807, 2.05) is 51.4 Å². The van der Waals surface area contributed by atoms with Crippen LogP contribution in [0.15, 0.2) is 36.7 Å². The Morgan fingerprint density at radius 3 is 2.68 bits per heavy atom. The zero-order chi connectivity index (χ0) is 18.6. The fourth-order valence-electron chi connectivity index (χ4n) is 2.50. The van der Waals surface area contributed by atoms with Crippen LogP contribution < -0.4 is 5.32 Å². The highest BCUT2D eigenvalue weighted by atomic mass is 19.1. The van der Waals surface area contributed by atoms with Crippen molar-refractivity contribution >= 4 is 6.03 Å². The van der Waals surface area contributed by atoms with Crippen molar-refractivity contribution in [3.63, 3.8) is 0 Å². The first-order chi connectivity index (χ1) is 11.7. The van der Waals surface area contributed by atoms with Gasteiger partial charge in [-0.2, -0.15) is 0 Å². The van der Waals surface area contributed by atoms with Crippen LogP contribution in [0.3, 0.4) is 0 Å². The molecule has 2 rings (SSSR count). The second-order valence-corrected chi connectivity index (χ2v) is 7.50. The first-order valence-electron chi connectivity index (χ1n) is 8.49. The molecule has 0 saturated heterocycles. The minimum absolute atomic E-state index is 0.0293. The van der Waals surface area contributed by atoms with Gasteiger partial charge >= 0.3 is 6.03 Å². The van der Waals surface area contributed by atoms with Crippen molar-refractivity contribution in [1.29, 1.82) is 0 Å². The number of halogens is 1. The Morgan fingerprint density at radius 1 is 1.36 bits per heavy atom. The van der Waals surface area contributed by atoms with Crippen molar-refractivity contribution in [2.75, 3.05) is 0 Å². The summed E-state index contributed by atoms with van der Waals surface area (Å²) in [4.78, 5) is 18.7. The van der Waals surface area contributed by atoms with Gasteiger partial charge in [0.05, 0.1) is 6.54 Å². The van der Waals surface area contributed by atoms with Crippen LogP contribution in [-0.4, -0.2) is 32.1 Å². The van der Waals surface area contributed by atoms with E-state index in [0.717, 1.165) is 11.4 Å². The van der Waals surface area contributed by atoms with Crippen LogP contribution in [-0.2, 0) is 13.1 Å². The number of benzene rings is 1. The lowest BCUT2D eigenvalue weighted by Crippen LogP contribution is -2.50. The molecule has 0 unspecified atom stereocenters. The van der Waals surface area contributed by atoms with Crippen LogP contribution in [0.5, 0.6) is 0 Å². The van der Waals surface area contributed by atoms with Gasteiger partial charge in [-0.15, -0.1) is 0 Å². The van der Waals surface area contributed by atoms with E-state index in [9.17, 15) is 9.18 Å². The molecule has 0 radical (unpaired) electrons. The van der Waals surface area contributed by atoms with Gasteiger partial charge in [0.1, 0.15) is 11.6 Å². The van der Waals surface area contributed by atoms with Crippen molar-refractivity contribution in [2.24, 2.45) is 0 Å². The Bertz CT molecular complexity index is 718. The maximum absolute atomic E-state index is 13.4. The molecule has 0 aliphatic heterocycles. The van der Waals surface area contributed by atoms with Crippen LogP contribution in [0.1, 0.15) is 46.0 Å². The first-order valence-corrected chi connectivity index (χ1v) is 8.49. The highest BCUT2D eigenvalue weighted by molar-refractivity contribution is 5.75. The van der Waals surface area contributed by atoms with E-state index in [-0.39, 0.29) is 23.4 Å². The quantitative estimate of drug-likeness (QED) is 0.895. The third-order valence-electron chi connectivity index (χ3n) is 3.72. The van der Waals surface area contributed by atoms with E-state index in [1.165, 1.54) is 12.1 Å². The van der Waals surface area contributed by atoms with Crippen molar-refractivity contribution in [3.05, 3.63) is 53.9 Å². The monoisotopic (exact) mass is 346 g/mol. The molecular weight excluding hydrogens is 319 g/mol. The fourth-order valence-corrected chi connectivity index (χ4v) is 2.50. The molecule has 136 valence electrons. The largest absolute Gasteiger partial charge is 0.333 e. The number of hydrogen-bond acceptors (Lipinski definition) is 2. The van der Waals surface area contributed by atoms with Crippen LogP contribution in [0.2, 0.25) is 0 Å². The normalized spacial score (nSPS) is 11.6. The number of aromatic nitrogens is 2. The van der Waals surface area contributed by atoms with Crippen molar-refractivity contribution in [2.45, 2.75) is 59.3 Å². The van der Waals surface area contributed by atoms with E-state index in [0.29, 0.717) is 13.1 Å². The number of carbonyl (C=O) groups is 1. The maximum atomic E-state index is 13.4. The average molecular weight is 346 g/mol. The molecule has 1 N–H and O–H groups in total. The number of hydrogen-bond donors (Lipinski definition) is 1. The number of nitrogens with zero attached hydrogens (tertiary/aromatic N) is 3. The van der Waals surface area contributed by atoms with Gasteiger partial charge in [-0.25, -0.2) is 14.2 Å². The summed E-state index contributed by atoms with van der Waals surface area (Å²) in [6.45, 7) is 10.7. The Kier molecular flexibility index (Phi) is 5.82. The van der Waals surface area contributed by atoms with Gasteiger partial charge in [-0.05, 0) is 52.3 Å². The zero-order valence-electron chi connectivity index (χ0n) is 15.6. The third kappa shape index (κ3) is 5.59. The molecule has 0 atom stereocenters. The molecule has 1 aromatic heterocycles. The number of amides is 2. The number of imidazole rings is 1. The summed E-state index contributed by atoms with van der Waals surface area (Å²) in [6, 6.07) is 6.41. The van der Waals surface area contributed by atoms with E-state index in [1.54, 1.807) is 17.2 Å². The summed E-state index contributed by atoms with van der Waals surface area (Å²) >= 11 is 0. The summed E-state index contributed by atoms with van der Waals surface area (Å²) in [6.07, 6.45) is 3.55. The summed E-state index contributed by atoms with van der Waals surface area (Å²) < 4.78 is 15.3. The minimum Gasteiger partial charge on any atom is -0.333 e. The molecule has 2 amide bonds. The molecule has 0 bridgehead atoms. The average Bonchev–Trinajstić information content (AvgIpc) is 2.89. The van der Waals surface area contributed by atoms with Crippen LogP contribution in [0.25, 0.3) is 0 Å². The van der Waals surface area contributed by atoms with E-state index in [2.05, 4.69) is 10.3 Å². The highest BCUT2D eigenvalue weighted by Crippen LogP contribution is 2.12. The molecule has 0 spiro atoms. The lowest BCUT2D eigenvalue weighted by Gasteiger charge is -2.31. The minimum atomic E-state index is -0.304. The van der Waals surface area contributed by atoms with Crippen LogP contribution >= 0.6 is 0 Å². The number of urea groups is 1. The van der Waals surface area contributed by atoms with Crippen LogP contribution in [0, 0.1) is 5.82 Å². The van der Waals surface area contributed by atoms with Crippen molar-refractivity contribution in [3.8, 4) is 0 Å². The summed E-state index contributed by atoms with van der Waals surface area (Å²) in [5.41, 5.74) is 0.552.